The number of rotatable bonds is 4. The zero-order valence-corrected chi connectivity index (χ0v) is 12.2. The van der Waals surface area contributed by atoms with Crippen molar-refractivity contribution < 1.29 is 8.42 Å². The molecule has 2 rings (SSSR count). The molecule has 1 heterocycles. The lowest BCUT2D eigenvalue weighted by molar-refractivity contribution is 0.381. The highest BCUT2D eigenvalue weighted by Crippen LogP contribution is 2.19. The van der Waals surface area contributed by atoms with Gasteiger partial charge in [-0.05, 0) is 18.8 Å². The molecule has 5 heteroatoms. The van der Waals surface area contributed by atoms with Gasteiger partial charge in [-0.1, -0.05) is 32.6 Å². The van der Waals surface area contributed by atoms with Crippen molar-refractivity contribution in [3.8, 4) is 0 Å². The molecule has 0 radical (unpaired) electrons. The van der Waals surface area contributed by atoms with Crippen LogP contribution in [0.3, 0.4) is 0 Å². The number of nitrogens with zero attached hydrogens (tertiary/aromatic N) is 1. The van der Waals surface area contributed by atoms with Gasteiger partial charge in [-0.15, -0.1) is 0 Å². The third kappa shape index (κ3) is 3.93. The van der Waals surface area contributed by atoms with Crippen LogP contribution < -0.4 is 5.32 Å². The van der Waals surface area contributed by atoms with Crippen LogP contribution in [0.5, 0.6) is 0 Å². The fourth-order valence-electron chi connectivity index (χ4n) is 3.09. The Morgan fingerprint density at radius 3 is 2.39 bits per heavy atom. The summed E-state index contributed by atoms with van der Waals surface area (Å²) in [6.07, 6.45) is 7.85. The van der Waals surface area contributed by atoms with E-state index < -0.39 is 10.0 Å². The first-order valence-electron chi connectivity index (χ1n) is 7.29. The van der Waals surface area contributed by atoms with Gasteiger partial charge in [0.2, 0.25) is 10.0 Å². The quantitative estimate of drug-likeness (QED) is 0.792. The van der Waals surface area contributed by atoms with E-state index in [4.69, 9.17) is 0 Å². The van der Waals surface area contributed by atoms with Gasteiger partial charge in [-0.25, -0.2) is 12.7 Å². The number of sulfonamides is 1. The van der Waals surface area contributed by atoms with Crippen LogP contribution in [0.1, 0.15) is 45.4 Å². The fourth-order valence-corrected chi connectivity index (χ4v) is 4.97. The Hall–Kier alpha value is -0.130. The van der Waals surface area contributed by atoms with E-state index in [2.05, 4.69) is 5.32 Å². The van der Waals surface area contributed by atoms with E-state index in [0.717, 1.165) is 6.54 Å². The number of hydrogen-bond acceptors (Lipinski definition) is 3. The van der Waals surface area contributed by atoms with Crippen molar-refractivity contribution in [2.24, 2.45) is 5.92 Å². The highest BCUT2D eigenvalue weighted by atomic mass is 32.2. The first-order valence-corrected chi connectivity index (χ1v) is 8.90. The molecule has 0 spiro atoms. The maximum Gasteiger partial charge on any atom is 0.214 e. The van der Waals surface area contributed by atoms with Crippen molar-refractivity contribution in [3.63, 3.8) is 0 Å². The predicted octanol–water partition coefficient (Wildman–Crippen LogP) is 1.58. The summed E-state index contributed by atoms with van der Waals surface area (Å²) in [5.41, 5.74) is 0. The molecule has 1 aliphatic heterocycles. The second-order valence-corrected chi connectivity index (χ2v) is 7.90. The third-order valence-corrected chi connectivity index (χ3v) is 6.16. The summed E-state index contributed by atoms with van der Waals surface area (Å²) in [4.78, 5) is 0. The smallest absolute Gasteiger partial charge is 0.214 e. The highest BCUT2D eigenvalue weighted by Gasteiger charge is 2.32. The van der Waals surface area contributed by atoms with Gasteiger partial charge in [0, 0.05) is 25.7 Å². The van der Waals surface area contributed by atoms with Gasteiger partial charge >= 0.3 is 0 Å². The van der Waals surface area contributed by atoms with Crippen LogP contribution in [0.2, 0.25) is 0 Å². The van der Waals surface area contributed by atoms with E-state index in [1.165, 1.54) is 38.5 Å². The first-order chi connectivity index (χ1) is 8.58. The van der Waals surface area contributed by atoms with Crippen LogP contribution in [0, 0.1) is 5.92 Å². The van der Waals surface area contributed by atoms with Gasteiger partial charge in [0.1, 0.15) is 0 Å². The Bertz CT molecular complexity index is 348. The summed E-state index contributed by atoms with van der Waals surface area (Å²) < 4.78 is 25.3. The minimum absolute atomic E-state index is 0.285. The van der Waals surface area contributed by atoms with Crippen LogP contribution in [0.25, 0.3) is 0 Å². The molecule has 1 unspecified atom stereocenters. The molecule has 2 aliphatic rings. The molecule has 18 heavy (non-hydrogen) atoms. The Kier molecular flexibility index (Phi) is 5.04. The van der Waals surface area contributed by atoms with Crippen molar-refractivity contribution in [1.29, 1.82) is 0 Å². The Balaban J connectivity index is 1.71. The SMILES string of the molecule is CC1CN(CCNC2CCCCCC2)S(=O)(=O)C1. The standard InChI is InChI=1S/C13H26N2O2S/c1-12-10-15(18(16,17)11-12)9-8-14-13-6-4-2-3-5-7-13/h12-14H,2-11H2,1H3. The second-order valence-electron chi connectivity index (χ2n) is 5.88. The zero-order valence-electron chi connectivity index (χ0n) is 11.4. The molecular formula is C13H26N2O2S. The predicted molar refractivity (Wildman–Crippen MR) is 74.0 cm³/mol. The van der Waals surface area contributed by atoms with Gasteiger partial charge in [0.15, 0.2) is 0 Å². The van der Waals surface area contributed by atoms with E-state index in [0.29, 0.717) is 24.9 Å². The zero-order chi connectivity index (χ0) is 13.0. The topological polar surface area (TPSA) is 49.4 Å². The molecular weight excluding hydrogens is 248 g/mol. The Morgan fingerprint density at radius 1 is 1.17 bits per heavy atom. The maximum atomic E-state index is 11.8. The summed E-state index contributed by atoms with van der Waals surface area (Å²) in [7, 11) is -2.95. The van der Waals surface area contributed by atoms with Crippen molar-refractivity contribution in [3.05, 3.63) is 0 Å². The van der Waals surface area contributed by atoms with Gasteiger partial charge in [-0.3, -0.25) is 0 Å². The van der Waals surface area contributed by atoms with E-state index in [1.54, 1.807) is 4.31 Å². The molecule has 0 amide bonds. The highest BCUT2D eigenvalue weighted by molar-refractivity contribution is 7.89. The molecule has 0 aromatic heterocycles. The summed E-state index contributed by atoms with van der Waals surface area (Å²) in [6.45, 7) is 4.16. The largest absolute Gasteiger partial charge is 0.313 e. The molecule has 1 N–H and O–H groups in total. The summed E-state index contributed by atoms with van der Waals surface area (Å²) >= 11 is 0. The molecule has 0 bridgehead atoms. The van der Waals surface area contributed by atoms with E-state index in [9.17, 15) is 8.42 Å². The minimum atomic E-state index is -2.95. The summed E-state index contributed by atoms with van der Waals surface area (Å²) in [5.74, 6) is 0.615. The van der Waals surface area contributed by atoms with Crippen molar-refractivity contribution in [2.75, 3.05) is 25.4 Å². The summed E-state index contributed by atoms with van der Waals surface area (Å²) in [6, 6.07) is 0.607. The molecule has 1 atom stereocenters. The van der Waals surface area contributed by atoms with E-state index in [-0.39, 0.29) is 5.92 Å². The molecule has 1 saturated carbocycles. The monoisotopic (exact) mass is 274 g/mol. The lowest BCUT2D eigenvalue weighted by Crippen LogP contribution is -2.37. The first kappa shape index (κ1) is 14.3. The maximum absolute atomic E-state index is 11.8. The second kappa shape index (κ2) is 6.35. The lowest BCUT2D eigenvalue weighted by Gasteiger charge is -2.19. The molecule has 1 aliphatic carbocycles. The Morgan fingerprint density at radius 2 is 1.83 bits per heavy atom. The fraction of sp³-hybridized carbons (Fsp3) is 1.00. The Labute approximate surface area is 111 Å². The number of nitrogens with one attached hydrogen (secondary N) is 1. The normalized spacial score (nSPS) is 30.4. The minimum Gasteiger partial charge on any atom is -0.313 e. The van der Waals surface area contributed by atoms with Crippen molar-refractivity contribution in [1.82, 2.24) is 9.62 Å². The number of hydrogen-bond donors (Lipinski definition) is 1. The average molecular weight is 274 g/mol. The van der Waals surface area contributed by atoms with Gasteiger partial charge in [-0.2, -0.15) is 0 Å². The van der Waals surface area contributed by atoms with Gasteiger partial charge in [0.25, 0.3) is 0 Å². The molecule has 1 saturated heterocycles. The third-order valence-electron chi connectivity index (χ3n) is 4.05. The van der Waals surface area contributed by atoms with E-state index >= 15 is 0 Å². The lowest BCUT2D eigenvalue weighted by atomic mass is 10.1. The van der Waals surface area contributed by atoms with Crippen molar-refractivity contribution in [2.45, 2.75) is 51.5 Å². The molecule has 2 fully saturated rings. The molecule has 106 valence electrons. The van der Waals surface area contributed by atoms with E-state index in [1.807, 2.05) is 6.92 Å². The molecule has 0 aromatic rings. The van der Waals surface area contributed by atoms with Crippen LogP contribution in [0.4, 0.5) is 0 Å². The van der Waals surface area contributed by atoms with Crippen molar-refractivity contribution >= 4 is 10.0 Å². The average Bonchev–Trinajstić information content (AvgIpc) is 2.50. The van der Waals surface area contributed by atoms with Gasteiger partial charge in [0.05, 0.1) is 5.75 Å². The summed E-state index contributed by atoms with van der Waals surface area (Å²) in [5, 5.41) is 3.53. The van der Waals surface area contributed by atoms with Crippen LogP contribution in [0.15, 0.2) is 0 Å². The van der Waals surface area contributed by atoms with Crippen LogP contribution >= 0.6 is 0 Å². The van der Waals surface area contributed by atoms with Crippen LogP contribution in [-0.4, -0.2) is 44.2 Å². The van der Waals surface area contributed by atoms with Gasteiger partial charge < -0.3 is 5.32 Å². The van der Waals surface area contributed by atoms with Crippen LogP contribution in [-0.2, 0) is 10.0 Å². The molecule has 0 aromatic carbocycles. The molecule has 4 nitrogen and oxygen atoms in total.